The fourth-order valence-corrected chi connectivity index (χ4v) is 3.11. The monoisotopic (exact) mass is 333 g/mol. The standard InChI is InChI=1S/C17H23N3O4/c1-23-17(22)20-7-6-12-4-5-14(9-13(12)11-20)19-16(21)18-10-15-3-2-8-24-15/h4-5,9,15H,2-3,6-8,10-11H2,1H3,(H2,18,19,21)/t15-/m0/s1. The Bertz CT molecular complexity index is 614. The molecule has 1 aromatic rings. The maximum absolute atomic E-state index is 12.0. The summed E-state index contributed by atoms with van der Waals surface area (Å²) in [6.45, 7) is 2.44. The number of anilines is 1. The molecular formula is C17H23N3O4. The molecule has 0 saturated carbocycles. The van der Waals surface area contributed by atoms with Gasteiger partial charge in [0.05, 0.1) is 13.2 Å². The third kappa shape index (κ3) is 3.97. The van der Waals surface area contributed by atoms with Crippen LogP contribution in [0.3, 0.4) is 0 Å². The van der Waals surface area contributed by atoms with Crippen LogP contribution in [0.1, 0.15) is 24.0 Å². The van der Waals surface area contributed by atoms with Crippen LogP contribution in [0.5, 0.6) is 0 Å². The molecule has 0 spiro atoms. The van der Waals surface area contributed by atoms with E-state index in [0.717, 1.165) is 31.4 Å². The summed E-state index contributed by atoms with van der Waals surface area (Å²) in [6, 6.07) is 5.56. The highest BCUT2D eigenvalue weighted by Gasteiger charge is 2.21. The molecule has 24 heavy (non-hydrogen) atoms. The molecule has 0 radical (unpaired) electrons. The smallest absolute Gasteiger partial charge is 0.409 e. The molecular weight excluding hydrogens is 310 g/mol. The van der Waals surface area contributed by atoms with Crippen LogP contribution in [0.15, 0.2) is 18.2 Å². The molecule has 2 aliphatic rings. The van der Waals surface area contributed by atoms with E-state index in [1.54, 1.807) is 4.90 Å². The summed E-state index contributed by atoms with van der Waals surface area (Å²) >= 11 is 0. The number of carbonyl (C=O) groups excluding carboxylic acids is 2. The quantitative estimate of drug-likeness (QED) is 0.888. The highest BCUT2D eigenvalue weighted by atomic mass is 16.5. The first-order valence-corrected chi connectivity index (χ1v) is 8.27. The second-order valence-corrected chi connectivity index (χ2v) is 6.10. The summed E-state index contributed by atoms with van der Waals surface area (Å²) in [5.74, 6) is 0. The van der Waals surface area contributed by atoms with Crippen LogP contribution >= 0.6 is 0 Å². The Morgan fingerprint density at radius 1 is 1.38 bits per heavy atom. The number of nitrogens with one attached hydrogen (secondary N) is 2. The van der Waals surface area contributed by atoms with Crippen molar-refractivity contribution in [3.63, 3.8) is 0 Å². The summed E-state index contributed by atoms with van der Waals surface area (Å²) in [4.78, 5) is 25.3. The van der Waals surface area contributed by atoms with E-state index in [1.165, 1.54) is 12.7 Å². The first-order chi connectivity index (χ1) is 11.7. The number of carbonyl (C=O) groups is 2. The Balaban J connectivity index is 1.57. The molecule has 7 heteroatoms. The Morgan fingerprint density at radius 2 is 2.25 bits per heavy atom. The first-order valence-electron chi connectivity index (χ1n) is 8.27. The number of benzene rings is 1. The summed E-state index contributed by atoms with van der Waals surface area (Å²) in [7, 11) is 1.38. The molecule has 130 valence electrons. The third-order valence-corrected chi connectivity index (χ3v) is 4.42. The fraction of sp³-hybridized carbons (Fsp3) is 0.529. The normalized spacial score (nSPS) is 19.5. The first kappa shape index (κ1) is 16.6. The SMILES string of the molecule is COC(=O)N1CCc2ccc(NC(=O)NC[C@@H]3CCCO3)cc2C1. The zero-order chi connectivity index (χ0) is 16.9. The third-order valence-electron chi connectivity index (χ3n) is 4.42. The summed E-state index contributed by atoms with van der Waals surface area (Å²) in [5.41, 5.74) is 2.94. The van der Waals surface area contributed by atoms with E-state index in [2.05, 4.69) is 10.6 Å². The zero-order valence-electron chi connectivity index (χ0n) is 13.8. The van der Waals surface area contributed by atoms with Crippen molar-refractivity contribution in [2.45, 2.75) is 31.9 Å². The van der Waals surface area contributed by atoms with Crippen molar-refractivity contribution in [2.24, 2.45) is 0 Å². The Morgan fingerprint density at radius 3 is 3.00 bits per heavy atom. The van der Waals surface area contributed by atoms with Crippen molar-refractivity contribution in [3.05, 3.63) is 29.3 Å². The Labute approximate surface area is 141 Å². The molecule has 0 bridgehead atoms. The van der Waals surface area contributed by atoms with Crippen LogP contribution in [0.25, 0.3) is 0 Å². The van der Waals surface area contributed by atoms with Crippen molar-refractivity contribution >= 4 is 17.8 Å². The average Bonchev–Trinajstić information content (AvgIpc) is 3.12. The largest absolute Gasteiger partial charge is 0.453 e. The van der Waals surface area contributed by atoms with Gasteiger partial charge in [0.25, 0.3) is 0 Å². The minimum atomic E-state index is -0.326. The number of amides is 3. The number of rotatable bonds is 3. The van der Waals surface area contributed by atoms with Crippen LogP contribution in [0, 0.1) is 0 Å². The zero-order valence-corrected chi connectivity index (χ0v) is 13.8. The molecule has 3 amide bonds. The number of fused-ring (bicyclic) bond motifs is 1. The van der Waals surface area contributed by atoms with Crippen molar-refractivity contribution < 1.29 is 19.1 Å². The van der Waals surface area contributed by atoms with Gasteiger partial charge >= 0.3 is 12.1 Å². The molecule has 2 heterocycles. The van der Waals surface area contributed by atoms with Crippen LogP contribution < -0.4 is 10.6 Å². The maximum atomic E-state index is 12.0. The van der Waals surface area contributed by atoms with Crippen LogP contribution in [0.2, 0.25) is 0 Å². The van der Waals surface area contributed by atoms with Gasteiger partial charge in [-0.05, 0) is 42.5 Å². The van der Waals surface area contributed by atoms with Gasteiger partial charge in [-0.25, -0.2) is 9.59 Å². The highest BCUT2D eigenvalue weighted by molar-refractivity contribution is 5.89. The molecule has 2 N–H and O–H groups in total. The second kappa shape index (κ2) is 7.53. The minimum Gasteiger partial charge on any atom is -0.453 e. The molecule has 1 saturated heterocycles. The molecule has 2 aliphatic heterocycles. The Kier molecular flexibility index (Phi) is 5.20. The van der Waals surface area contributed by atoms with Crippen LogP contribution in [0.4, 0.5) is 15.3 Å². The number of nitrogens with zero attached hydrogens (tertiary/aromatic N) is 1. The lowest BCUT2D eigenvalue weighted by atomic mass is 9.99. The van der Waals surface area contributed by atoms with Crippen LogP contribution in [-0.2, 0) is 22.4 Å². The van der Waals surface area contributed by atoms with Crippen molar-refractivity contribution in [1.82, 2.24) is 10.2 Å². The summed E-state index contributed by atoms with van der Waals surface area (Å²) < 4.78 is 10.3. The van der Waals surface area contributed by atoms with Crippen molar-refractivity contribution in [2.75, 3.05) is 32.1 Å². The van der Waals surface area contributed by atoms with Gasteiger partial charge in [-0.3, -0.25) is 0 Å². The molecule has 0 aliphatic carbocycles. The predicted molar refractivity (Wildman–Crippen MR) is 89.0 cm³/mol. The minimum absolute atomic E-state index is 0.118. The molecule has 1 fully saturated rings. The lowest BCUT2D eigenvalue weighted by Gasteiger charge is -2.28. The van der Waals surface area contributed by atoms with E-state index >= 15 is 0 Å². The molecule has 3 rings (SSSR count). The van der Waals surface area contributed by atoms with E-state index in [-0.39, 0.29) is 18.2 Å². The van der Waals surface area contributed by atoms with Gasteiger partial charge in [-0.15, -0.1) is 0 Å². The van der Waals surface area contributed by atoms with E-state index in [1.807, 2.05) is 18.2 Å². The highest BCUT2D eigenvalue weighted by Crippen LogP contribution is 2.23. The van der Waals surface area contributed by atoms with Gasteiger partial charge in [-0.2, -0.15) is 0 Å². The number of methoxy groups -OCH3 is 1. The van der Waals surface area contributed by atoms with Gasteiger partial charge in [0.2, 0.25) is 0 Å². The number of ether oxygens (including phenoxy) is 2. The topological polar surface area (TPSA) is 79.9 Å². The van der Waals surface area contributed by atoms with E-state index in [4.69, 9.17) is 9.47 Å². The van der Waals surface area contributed by atoms with Gasteiger partial charge in [0.1, 0.15) is 0 Å². The number of hydrogen-bond acceptors (Lipinski definition) is 4. The van der Waals surface area contributed by atoms with E-state index < -0.39 is 0 Å². The lowest BCUT2D eigenvalue weighted by molar-refractivity contribution is 0.112. The van der Waals surface area contributed by atoms with E-state index in [0.29, 0.717) is 25.3 Å². The van der Waals surface area contributed by atoms with Gasteiger partial charge in [0, 0.05) is 31.9 Å². The maximum Gasteiger partial charge on any atom is 0.409 e. The molecule has 7 nitrogen and oxygen atoms in total. The fourth-order valence-electron chi connectivity index (χ4n) is 3.11. The molecule has 0 unspecified atom stereocenters. The Hall–Kier alpha value is -2.28. The second-order valence-electron chi connectivity index (χ2n) is 6.10. The summed E-state index contributed by atoms with van der Waals surface area (Å²) in [6.07, 6.45) is 2.62. The number of hydrogen-bond donors (Lipinski definition) is 2. The van der Waals surface area contributed by atoms with Gasteiger partial charge in [-0.1, -0.05) is 6.07 Å². The summed E-state index contributed by atoms with van der Waals surface area (Å²) in [5, 5.41) is 5.66. The van der Waals surface area contributed by atoms with Gasteiger partial charge in [0.15, 0.2) is 0 Å². The molecule has 1 atom stereocenters. The predicted octanol–water partition coefficient (Wildman–Crippen LogP) is 2.11. The molecule has 1 aromatic carbocycles. The lowest BCUT2D eigenvalue weighted by Crippen LogP contribution is -2.36. The average molecular weight is 333 g/mol. The van der Waals surface area contributed by atoms with Gasteiger partial charge < -0.3 is 25.0 Å². The van der Waals surface area contributed by atoms with E-state index in [9.17, 15) is 9.59 Å². The van der Waals surface area contributed by atoms with Crippen LogP contribution in [-0.4, -0.2) is 49.9 Å². The molecule has 0 aromatic heterocycles. The van der Waals surface area contributed by atoms with Crippen molar-refractivity contribution in [1.29, 1.82) is 0 Å². The van der Waals surface area contributed by atoms with Crippen molar-refractivity contribution in [3.8, 4) is 0 Å². The number of urea groups is 1.